The van der Waals surface area contributed by atoms with E-state index >= 15 is 8.78 Å². The Hall–Kier alpha value is -3.49. The highest BCUT2D eigenvalue weighted by molar-refractivity contribution is 6.38. The molecular weight excluding hydrogens is 525 g/mol. The Balaban J connectivity index is 1.34. The van der Waals surface area contributed by atoms with Crippen LogP contribution in [0.3, 0.4) is 0 Å². The maximum absolute atomic E-state index is 15.5. The molecule has 0 spiro atoms. The summed E-state index contributed by atoms with van der Waals surface area (Å²) in [6, 6.07) is 13.9. The molecule has 0 radical (unpaired) electrons. The van der Waals surface area contributed by atoms with Crippen LogP contribution >= 0.6 is 11.6 Å². The van der Waals surface area contributed by atoms with Crippen molar-refractivity contribution < 1.29 is 13.2 Å². The number of nitrogens with zero attached hydrogens (tertiary/aromatic N) is 4. The first-order valence-electron chi connectivity index (χ1n) is 13.2. The van der Waals surface area contributed by atoms with Crippen LogP contribution < -0.4 is 15.2 Å². The molecule has 5 nitrogen and oxygen atoms in total. The van der Waals surface area contributed by atoms with Crippen LogP contribution in [0.4, 0.5) is 24.5 Å². The van der Waals surface area contributed by atoms with Crippen LogP contribution in [0.1, 0.15) is 18.4 Å². The molecule has 9 heteroatoms. The van der Waals surface area contributed by atoms with Gasteiger partial charge in [0.05, 0.1) is 27.3 Å². The number of benzene rings is 3. The Morgan fingerprint density at radius 3 is 2.15 bits per heavy atom. The van der Waals surface area contributed by atoms with E-state index in [1.54, 1.807) is 18.2 Å². The molecule has 0 saturated carbocycles. The van der Waals surface area contributed by atoms with Crippen LogP contribution in [0, 0.1) is 17.5 Å². The van der Waals surface area contributed by atoms with Gasteiger partial charge >= 0.3 is 0 Å². The Bertz CT molecular complexity index is 1580. The fourth-order valence-corrected chi connectivity index (χ4v) is 6.11. The van der Waals surface area contributed by atoms with Gasteiger partial charge in [-0.05, 0) is 74.0 Å². The Morgan fingerprint density at radius 1 is 0.769 bits per heavy atom. The van der Waals surface area contributed by atoms with Crippen molar-refractivity contribution in [3.63, 3.8) is 0 Å². The molecule has 39 heavy (non-hydrogen) atoms. The van der Waals surface area contributed by atoms with Crippen LogP contribution in [0.2, 0.25) is 5.02 Å². The standard InChI is InChI=1S/C30H28ClF3N4O/c31-28-29-23(18-25(34)30(28)37-15-13-36(14-16-37)22-6-4-21(32)5-7-22)27(39)9-12-38(29)26-8-3-20(17-24(26)33)19-35-10-1-2-11-35/h3-9,12,17-18H,1-2,10-11,13-16,19H2. The van der Waals surface area contributed by atoms with Gasteiger partial charge in [-0.2, -0.15) is 0 Å². The molecule has 2 aliphatic heterocycles. The average molecular weight is 553 g/mol. The molecule has 2 fully saturated rings. The molecule has 3 aromatic carbocycles. The van der Waals surface area contributed by atoms with Gasteiger partial charge in [0.1, 0.15) is 17.5 Å². The largest absolute Gasteiger partial charge is 0.368 e. The zero-order valence-electron chi connectivity index (χ0n) is 21.3. The van der Waals surface area contributed by atoms with Gasteiger partial charge in [0, 0.05) is 50.7 Å². The molecular formula is C30H28ClF3N4O. The summed E-state index contributed by atoms with van der Waals surface area (Å²) in [5.41, 5.74) is 2.08. The Labute approximate surface area is 229 Å². The van der Waals surface area contributed by atoms with Gasteiger partial charge in [0.25, 0.3) is 0 Å². The topological polar surface area (TPSA) is 31.7 Å². The number of likely N-dealkylation sites (tertiary alicyclic amines) is 1. The van der Waals surface area contributed by atoms with Crippen LogP contribution in [-0.2, 0) is 6.54 Å². The maximum atomic E-state index is 15.5. The first-order valence-corrected chi connectivity index (χ1v) is 13.6. The predicted octanol–water partition coefficient (Wildman–Crippen LogP) is 5.98. The molecule has 0 unspecified atom stereocenters. The lowest BCUT2D eigenvalue weighted by atomic mass is 10.1. The molecule has 0 aliphatic carbocycles. The summed E-state index contributed by atoms with van der Waals surface area (Å²) in [4.78, 5) is 19.0. The molecule has 0 atom stereocenters. The number of pyridine rings is 1. The van der Waals surface area contributed by atoms with Crippen molar-refractivity contribution in [1.29, 1.82) is 0 Å². The smallest absolute Gasteiger partial charge is 0.189 e. The van der Waals surface area contributed by atoms with E-state index in [0.29, 0.717) is 32.7 Å². The van der Waals surface area contributed by atoms with Gasteiger partial charge in [-0.15, -0.1) is 0 Å². The van der Waals surface area contributed by atoms with Gasteiger partial charge < -0.3 is 14.4 Å². The van der Waals surface area contributed by atoms with Crippen LogP contribution in [-0.4, -0.2) is 48.7 Å². The minimum absolute atomic E-state index is 0.0680. The van der Waals surface area contributed by atoms with Crippen LogP contribution in [0.5, 0.6) is 0 Å². The van der Waals surface area contributed by atoms with Crippen molar-refractivity contribution in [1.82, 2.24) is 9.47 Å². The SMILES string of the molecule is O=c1ccn(-c2ccc(CN3CCCC3)cc2F)c2c(Cl)c(N3CCN(c4ccc(F)cc4)CC3)c(F)cc12. The van der Waals surface area contributed by atoms with E-state index in [4.69, 9.17) is 11.6 Å². The van der Waals surface area contributed by atoms with E-state index < -0.39 is 11.6 Å². The second-order valence-corrected chi connectivity index (χ2v) is 10.6. The number of halogens is 4. The number of hydrogen-bond donors (Lipinski definition) is 0. The normalized spacial score (nSPS) is 16.4. The number of aromatic nitrogens is 1. The highest BCUT2D eigenvalue weighted by Crippen LogP contribution is 2.37. The summed E-state index contributed by atoms with van der Waals surface area (Å²) in [5.74, 6) is -1.34. The number of piperazine rings is 1. The highest BCUT2D eigenvalue weighted by Gasteiger charge is 2.26. The van der Waals surface area contributed by atoms with Gasteiger partial charge in [-0.3, -0.25) is 9.69 Å². The van der Waals surface area contributed by atoms with E-state index in [1.165, 1.54) is 41.1 Å². The third-order valence-corrected chi connectivity index (χ3v) is 8.07. The van der Waals surface area contributed by atoms with Crippen molar-refractivity contribution in [2.45, 2.75) is 19.4 Å². The average Bonchev–Trinajstić information content (AvgIpc) is 3.44. The summed E-state index contributed by atoms with van der Waals surface area (Å²) < 4.78 is 45.8. The fraction of sp³-hybridized carbons (Fsp3) is 0.300. The summed E-state index contributed by atoms with van der Waals surface area (Å²) in [6.07, 6.45) is 3.80. The molecule has 6 rings (SSSR count). The first-order chi connectivity index (χ1) is 18.9. The second kappa shape index (κ2) is 10.6. The number of fused-ring (bicyclic) bond motifs is 1. The van der Waals surface area contributed by atoms with Crippen LogP contribution in [0.25, 0.3) is 16.6 Å². The van der Waals surface area contributed by atoms with Crippen molar-refractivity contribution in [2.75, 3.05) is 49.1 Å². The van der Waals surface area contributed by atoms with E-state index in [9.17, 15) is 9.18 Å². The molecule has 0 bridgehead atoms. The molecule has 4 aromatic rings. The zero-order valence-corrected chi connectivity index (χ0v) is 22.1. The number of anilines is 2. The highest BCUT2D eigenvalue weighted by atomic mass is 35.5. The van der Waals surface area contributed by atoms with Gasteiger partial charge in [0.15, 0.2) is 5.43 Å². The number of rotatable bonds is 5. The van der Waals surface area contributed by atoms with Crippen molar-refractivity contribution in [3.8, 4) is 5.69 Å². The summed E-state index contributed by atoms with van der Waals surface area (Å²) in [5, 5.41) is 0.160. The van der Waals surface area contributed by atoms with Gasteiger partial charge in [-0.25, -0.2) is 13.2 Å². The van der Waals surface area contributed by atoms with Gasteiger partial charge in [-0.1, -0.05) is 17.7 Å². The quantitative estimate of drug-likeness (QED) is 0.305. The summed E-state index contributed by atoms with van der Waals surface area (Å²) >= 11 is 6.85. The Morgan fingerprint density at radius 2 is 1.46 bits per heavy atom. The predicted molar refractivity (Wildman–Crippen MR) is 150 cm³/mol. The zero-order chi connectivity index (χ0) is 27.1. The number of hydrogen-bond acceptors (Lipinski definition) is 4. The lowest BCUT2D eigenvalue weighted by Crippen LogP contribution is -2.47. The van der Waals surface area contributed by atoms with E-state index in [2.05, 4.69) is 9.80 Å². The van der Waals surface area contributed by atoms with Crippen molar-refractivity contribution in [2.24, 2.45) is 0 Å². The van der Waals surface area contributed by atoms with Crippen molar-refractivity contribution >= 4 is 33.9 Å². The molecule has 0 amide bonds. The van der Waals surface area contributed by atoms with E-state index in [1.807, 2.05) is 11.0 Å². The fourth-order valence-electron chi connectivity index (χ4n) is 5.70. The molecule has 1 aromatic heterocycles. The van der Waals surface area contributed by atoms with Gasteiger partial charge in [0.2, 0.25) is 0 Å². The van der Waals surface area contributed by atoms with E-state index in [0.717, 1.165) is 37.2 Å². The monoisotopic (exact) mass is 552 g/mol. The lowest BCUT2D eigenvalue weighted by Gasteiger charge is -2.38. The third-order valence-electron chi connectivity index (χ3n) is 7.71. The summed E-state index contributed by atoms with van der Waals surface area (Å²) in [7, 11) is 0. The molecule has 202 valence electrons. The molecule has 3 heterocycles. The third kappa shape index (κ3) is 4.99. The lowest BCUT2D eigenvalue weighted by molar-refractivity contribution is 0.331. The first kappa shape index (κ1) is 25.8. The molecule has 0 N–H and O–H groups in total. The maximum Gasteiger partial charge on any atom is 0.189 e. The van der Waals surface area contributed by atoms with E-state index in [-0.39, 0.29) is 38.5 Å². The minimum atomic E-state index is -0.598. The molecule has 2 saturated heterocycles. The Kier molecular flexibility index (Phi) is 6.99. The van der Waals surface area contributed by atoms with Crippen molar-refractivity contribution in [3.05, 3.63) is 99.1 Å². The van der Waals surface area contributed by atoms with Crippen LogP contribution in [0.15, 0.2) is 65.6 Å². The second-order valence-electron chi connectivity index (χ2n) is 10.2. The minimum Gasteiger partial charge on any atom is -0.368 e. The molecule has 2 aliphatic rings. The summed E-state index contributed by atoms with van der Waals surface area (Å²) in [6.45, 7) is 4.79.